The molecule has 1 heterocycles. The second-order valence-corrected chi connectivity index (χ2v) is 5.97. The number of piperidine rings is 1. The van der Waals surface area contributed by atoms with Gasteiger partial charge in [-0.25, -0.2) is 9.59 Å². The standard InChI is InChI=1S/C17H17NO7/c1-24-15(21)12-9-7-17(23,13(12)16(22)25-2)8-18(14(9)20)10-5-3-4-6-11(10)19/h3-6,9,19,23H,7-8H2,1-2H3/t9-,17+/m1/s1. The fourth-order valence-electron chi connectivity index (χ4n) is 3.50. The molecule has 1 aliphatic heterocycles. The minimum Gasteiger partial charge on any atom is -0.506 e. The molecule has 2 aliphatic rings. The van der Waals surface area contributed by atoms with E-state index in [0.29, 0.717) is 0 Å². The maximum Gasteiger partial charge on any atom is 0.337 e. The zero-order valence-electron chi connectivity index (χ0n) is 13.7. The number of anilines is 1. The van der Waals surface area contributed by atoms with E-state index in [4.69, 9.17) is 0 Å². The van der Waals surface area contributed by atoms with Crippen molar-refractivity contribution in [2.24, 2.45) is 5.92 Å². The van der Waals surface area contributed by atoms with E-state index in [0.717, 1.165) is 14.2 Å². The van der Waals surface area contributed by atoms with Crippen molar-refractivity contribution in [3.8, 4) is 5.75 Å². The number of amides is 1. The Labute approximate surface area is 143 Å². The number of aromatic hydroxyl groups is 1. The molecular weight excluding hydrogens is 330 g/mol. The number of ether oxygens (including phenoxy) is 2. The molecule has 0 unspecified atom stereocenters. The van der Waals surface area contributed by atoms with Gasteiger partial charge in [-0.1, -0.05) is 12.1 Å². The van der Waals surface area contributed by atoms with Crippen LogP contribution in [0.5, 0.6) is 5.75 Å². The molecule has 25 heavy (non-hydrogen) atoms. The third kappa shape index (κ3) is 2.45. The van der Waals surface area contributed by atoms with Crippen LogP contribution < -0.4 is 4.90 Å². The summed E-state index contributed by atoms with van der Waals surface area (Å²) in [5, 5.41) is 21.0. The van der Waals surface area contributed by atoms with Crippen molar-refractivity contribution in [2.75, 3.05) is 25.7 Å². The molecule has 2 bridgehead atoms. The average molecular weight is 347 g/mol. The molecule has 1 amide bonds. The molecule has 0 radical (unpaired) electrons. The summed E-state index contributed by atoms with van der Waals surface area (Å²) < 4.78 is 9.38. The third-order valence-corrected chi connectivity index (χ3v) is 4.58. The first-order valence-corrected chi connectivity index (χ1v) is 7.57. The number of para-hydroxylation sites is 2. The Balaban J connectivity index is 2.13. The van der Waals surface area contributed by atoms with Crippen LogP contribution in [0.4, 0.5) is 5.69 Å². The lowest BCUT2D eigenvalue weighted by Crippen LogP contribution is -2.53. The Kier molecular flexibility index (Phi) is 4.00. The number of aliphatic hydroxyl groups is 1. The van der Waals surface area contributed by atoms with Gasteiger partial charge in [0.15, 0.2) is 0 Å². The van der Waals surface area contributed by atoms with Crippen LogP contribution in [0.1, 0.15) is 6.42 Å². The van der Waals surface area contributed by atoms with Crippen LogP contribution in [0.15, 0.2) is 35.4 Å². The van der Waals surface area contributed by atoms with Gasteiger partial charge in [-0.05, 0) is 18.6 Å². The van der Waals surface area contributed by atoms with Crippen LogP contribution in [0, 0.1) is 5.92 Å². The molecule has 0 saturated carbocycles. The largest absolute Gasteiger partial charge is 0.506 e. The SMILES string of the molecule is COC(=O)C1=C(C(=O)OC)[C@]2(O)C[C@H]1C(=O)N(c1ccccc1O)C2. The van der Waals surface area contributed by atoms with Crippen LogP contribution in [0.2, 0.25) is 0 Å². The van der Waals surface area contributed by atoms with E-state index in [-0.39, 0.29) is 35.5 Å². The highest BCUT2D eigenvalue weighted by atomic mass is 16.5. The molecule has 1 aromatic carbocycles. The Morgan fingerprint density at radius 3 is 2.44 bits per heavy atom. The first-order chi connectivity index (χ1) is 11.8. The number of hydrogen-bond donors (Lipinski definition) is 2. The predicted molar refractivity (Wildman–Crippen MR) is 84.6 cm³/mol. The van der Waals surface area contributed by atoms with Gasteiger partial charge < -0.3 is 24.6 Å². The van der Waals surface area contributed by atoms with Crippen LogP contribution >= 0.6 is 0 Å². The van der Waals surface area contributed by atoms with Crippen LogP contribution in [0.25, 0.3) is 0 Å². The summed E-state index contributed by atoms with van der Waals surface area (Å²) in [5.74, 6) is -3.48. The highest BCUT2D eigenvalue weighted by Gasteiger charge is 2.58. The molecular formula is C17H17NO7. The highest BCUT2D eigenvalue weighted by Crippen LogP contribution is 2.47. The van der Waals surface area contributed by atoms with Gasteiger partial charge >= 0.3 is 11.9 Å². The number of phenols is 1. The second kappa shape index (κ2) is 5.89. The monoisotopic (exact) mass is 347 g/mol. The van der Waals surface area contributed by atoms with Crippen molar-refractivity contribution in [1.29, 1.82) is 0 Å². The van der Waals surface area contributed by atoms with Crippen molar-refractivity contribution in [3.63, 3.8) is 0 Å². The topological polar surface area (TPSA) is 113 Å². The molecule has 3 rings (SSSR count). The number of esters is 2. The Morgan fingerprint density at radius 1 is 1.20 bits per heavy atom. The van der Waals surface area contributed by atoms with E-state index in [1.807, 2.05) is 0 Å². The number of rotatable bonds is 3. The lowest BCUT2D eigenvalue weighted by Gasteiger charge is -2.37. The van der Waals surface area contributed by atoms with E-state index in [9.17, 15) is 24.6 Å². The number of hydrogen-bond acceptors (Lipinski definition) is 7. The summed E-state index contributed by atoms with van der Waals surface area (Å²) in [6.45, 7) is -0.287. The van der Waals surface area contributed by atoms with E-state index in [2.05, 4.69) is 9.47 Å². The lowest BCUT2D eigenvalue weighted by molar-refractivity contribution is -0.140. The van der Waals surface area contributed by atoms with Crippen molar-refractivity contribution in [3.05, 3.63) is 35.4 Å². The Morgan fingerprint density at radius 2 is 1.84 bits per heavy atom. The van der Waals surface area contributed by atoms with Gasteiger partial charge in [-0.3, -0.25) is 4.79 Å². The van der Waals surface area contributed by atoms with E-state index < -0.39 is 29.4 Å². The minimum atomic E-state index is -1.77. The number of carbonyl (C=O) groups excluding carboxylic acids is 3. The Bertz CT molecular complexity index is 800. The van der Waals surface area contributed by atoms with Gasteiger partial charge in [0.1, 0.15) is 11.4 Å². The molecule has 2 atom stereocenters. The average Bonchev–Trinajstić information content (AvgIpc) is 2.87. The molecule has 0 aromatic heterocycles. The molecule has 2 N–H and O–H groups in total. The van der Waals surface area contributed by atoms with Crippen LogP contribution in [0.3, 0.4) is 0 Å². The van der Waals surface area contributed by atoms with Crippen LogP contribution in [-0.4, -0.2) is 54.4 Å². The number of fused-ring (bicyclic) bond motifs is 2. The normalized spacial score (nSPS) is 25.2. The zero-order chi connectivity index (χ0) is 18.4. The fourth-order valence-corrected chi connectivity index (χ4v) is 3.50. The lowest BCUT2D eigenvalue weighted by atomic mass is 9.88. The van der Waals surface area contributed by atoms with Crippen molar-refractivity contribution < 1.29 is 34.1 Å². The van der Waals surface area contributed by atoms with Gasteiger partial charge in [0.2, 0.25) is 5.91 Å². The summed E-state index contributed by atoms with van der Waals surface area (Å²) in [5.41, 5.74) is -2.04. The van der Waals surface area contributed by atoms with Crippen molar-refractivity contribution >= 4 is 23.5 Å². The number of carbonyl (C=O) groups is 3. The predicted octanol–water partition coefficient (Wildman–Crippen LogP) is 0.132. The molecule has 1 saturated heterocycles. The smallest absolute Gasteiger partial charge is 0.337 e. The first-order valence-electron chi connectivity index (χ1n) is 7.57. The van der Waals surface area contributed by atoms with Gasteiger partial charge in [0.25, 0.3) is 0 Å². The number of phenolic OH excluding ortho intramolecular Hbond substituents is 1. The molecule has 8 heteroatoms. The Hall–Kier alpha value is -2.87. The second-order valence-electron chi connectivity index (χ2n) is 5.97. The maximum absolute atomic E-state index is 12.9. The third-order valence-electron chi connectivity index (χ3n) is 4.58. The number of methoxy groups -OCH3 is 2. The highest BCUT2D eigenvalue weighted by molar-refractivity contribution is 6.12. The number of nitrogens with zero attached hydrogens (tertiary/aromatic N) is 1. The first kappa shape index (κ1) is 17.0. The van der Waals surface area contributed by atoms with Crippen LogP contribution in [-0.2, 0) is 23.9 Å². The quantitative estimate of drug-likeness (QED) is 0.747. The summed E-state index contributed by atoms with van der Waals surface area (Å²) >= 11 is 0. The summed E-state index contributed by atoms with van der Waals surface area (Å²) in [7, 11) is 2.25. The number of benzene rings is 1. The summed E-state index contributed by atoms with van der Waals surface area (Å²) in [6, 6.07) is 6.13. The van der Waals surface area contributed by atoms with Gasteiger partial charge in [-0.2, -0.15) is 0 Å². The van der Waals surface area contributed by atoms with Gasteiger partial charge in [-0.15, -0.1) is 0 Å². The van der Waals surface area contributed by atoms with E-state index >= 15 is 0 Å². The minimum absolute atomic E-state index is 0.120. The maximum atomic E-state index is 12.9. The molecule has 1 aliphatic carbocycles. The molecule has 8 nitrogen and oxygen atoms in total. The van der Waals surface area contributed by atoms with Crippen molar-refractivity contribution in [1.82, 2.24) is 0 Å². The van der Waals surface area contributed by atoms with E-state index in [1.54, 1.807) is 12.1 Å². The fraction of sp³-hybridized carbons (Fsp3) is 0.353. The molecule has 132 valence electrons. The number of β-amino-alcohol motifs (C(OH)–C–C–N with tert-alkyl or cyclic N) is 1. The summed E-state index contributed by atoms with van der Waals surface area (Å²) in [6.07, 6.45) is -0.120. The van der Waals surface area contributed by atoms with Gasteiger partial charge in [0, 0.05) is 0 Å². The molecule has 1 aromatic rings. The zero-order valence-corrected chi connectivity index (χ0v) is 13.7. The molecule has 0 spiro atoms. The molecule has 1 fully saturated rings. The summed E-state index contributed by atoms with van der Waals surface area (Å²) in [4.78, 5) is 38.4. The van der Waals surface area contributed by atoms with Crippen molar-refractivity contribution in [2.45, 2.75) is 12.0 Å². The van der Waals surface area contributed by atoms with Gasteiger partial charge in [0.05, 0.1) is 43.5 Å². The van der Waals surface area contributed by atoms with E-state index in [1.165, 1.54) is 17.0 Å².